The second-order valence-corrected chi connectivity index (χ2v) is 40.2. The zero-order valence-corrected chi connectivity index (χ0v) is 74.2. The van der Waals surface area contributed by atoms with Crippen LogP contribution in [0.15, 0.2) is 242 Å². The van der Waals surface area contributed by atoms with E-state index in [1.54, 1.807) is 81.4 Å². The SMILES string of the molecule is CC(C)(C)OC(=O)N1CC(C(=O)O)C1.N#Cc1cccc(-c2cn(C3CCN(S(=O)(=O)C(F)(F)F)CC3)c3cc(CN)ccc23)c1.N#Cc1cccc(-c2cn(C3CCN(S(=O)(=O)C(F)(F)F)CC3)c3cc(CN=[N+]=[N-])ccc23)c1.N#Cc1cccc(-c2cn(C3CCN(S(=O)(=O)C(F)(F)F)CC3)c3cc(CO)ccc23)c1.c1ccc(P(c2ccccc2)c2ccccc2)cc1. The number of aliphatic hydroxyl groups excluding tert-OH is 1. The first kappa shape index (κ1) is 97.6. The maximum absolute atomic E-state index is 13.0. The molecule has 0 aliphatic carbocycles. The number of azide groups is 1. The minimum Gasteiger partial charge on any atom is -0.481 e. The van der Waals surface area contributed by atoms with Crippen LogP contribution in [0.25, 0.3) is 76.5 Å². The molecular weight excluding hydrogens is 1790 g/mol. The zero-order chi connectivity index (χ0) is 94.5. The Labute approximate surface area is 751 Å². The van der Waals surface area contributed by atoms with Gasteiger partial charge in [-0.1, -0.05) is 169 Å². The van der Waals surface area contributed by atoms with E-state index in [4.69, 9.17) is 21.1 Å². The van der Waals surface area contributed by atoms with Crippen LogP contribution in [0, 0.1) is 39.9 Å². The van der Waals surface area contributed by atoms with Gasteiger partial charge in [0.1, 0.15) is 5.60 Å². The number of nitriles is 3. The molecule has 16 rings (SSSR count). The number of carbonyl (C=O) groups is 2. The highest BCUT2D eigenvalue weighted by Crippen LogP contribution is 2.44. The van der Waals surface area contributed by atoms with Crippen molar-refractivity contribution in [2.75, 3.05) is 52.4 Å². The predicted octanol–water partition coefficient (Wildman–Crippen LogP) is 18.1. The maximum Gasteiger partial charge on any atom is 0.511 e. The van der Waals surface area contributed by atoms with Gasteiger partial charge in [-0.15, -0.1) is 0 Å². The highest BCUT2D eigenvalue weighted by Gasteiger charge is 2.53. The Kier molecular flexibility index (Phi) is 30.8. The monoisotopic (exact) mass is 1880 g/mol. The van der Waals surface area contributed by atoms with Crippen LogP contribution in [-0.2, 0) is 59.3 Å². The zero-order valence-electron chi connectivity index (χ0n) is 70.9. The second-order valence-electron chi connectivity index (χ2n) is 32.2. The lowest BCUT2D eigenvalue weighted by molar-refractivity contribution is -0.146. The van der Waals surface area contributed by atoms with Crippen molar-refractivity contribution >= 4 is 98.7 Å². The summed E-state index contributed by atoms with van der Waals surface area (Å²) in [4.78, 5) is 25.9. The summed E-state index contributed by atoms with van der Waals surface area (Å²) in [6.45, 7) is 4.78. The van der Waals surface area contributed by atoms with Gasteiger partial charge in [0.05, 0.1) is 54.0 Å². The number of alkyl halides is 9. The van der Waals surface area contributed by atoms with Gasteiger partial charge < -0.3 is 39.3 Å². The van der Waals surface area contributed by atoms with Crippen LogP contribution in [0.5, 0.6) is 0 Å². The second kappa shape index (κ2) is 41.3. The molecule has 131 heavy (non-hydrogen) atoms. The number of aliphatic carboxylic acids is 1. The topological polar surface area (TPSA) is 360 Å². The Bertz CT molecular complexity index is 6370. The number of amides is 1. The number of nitrogens with zero attached hydrogens (tertiary/aromatic N) is 13. The number of sulfonamides is 3. The van der Waals surface area contributed by atoms with Gasteiger partial charge in [0, 0.05) is 150 Å². The molecule has 0 radical (unpaired) electrons. The summed E-state index contributed by atoms with van der Waals surface area (Å²) in [5.74, 6) is -1.28. The normalized spacial score (nSPS) is 15.5. The summed E-state index contributed by atoms with van der Waals surface area (Å²) >= 11 is 0. The van der Waals surface area contributed by atoms with E-state index in [-0.39, 0.29) is 122 Å². The van der Waals surface area contributed by atoms with Crippen molar-refractivity contribution in [2.45, 2.75) is 119 Å². The first-order valence-corrected chi connectivity index (χ1v) is 47.0. The molecule has 0 saturated carbocycles. The largest absolute Gasteiger partial charge is 0.511 e. The molecule has 3 aromatic heterocycles. The number of ether oxygens (including phenoxy) is 1. The van der Waals surface area contributed by atoms with E-state index in [1.807, 2.05) is 99.0 Å². The molecule has 38 heteroatoms. The van der Waals surface area contributed by atoms with Gasteiger partial charge in [-0.2, -0.15) is 68.2 Å². The summed E-state index contributed by atoms with van der Waals surface area (Å²) in [6.07, 6.45) is 6.63. The third kappa shape index (κ3) is 22.8. The fourth-order valence-electron chi connectivity index (χ4n) is 16.0. The Hall–Kier alpha value is -12.4. The van der Waals surface area contributed by atoms with Crippen molar-refractivity contribution in [3.05, 3.63) is 281 Å². The van der Waals surface area contributed by atoms with Crippen LogP contribution in [0.3, 0.4) is 0 Å². The van der Waals surface area contributed by atoms with Crippen molar-refractivity contribution in [1.82, 2.24) is 31.5 Å². The lowest BCUT2D eigenvalue weighted by Gasteiger charge is -2.37. The first-order chi connectivity index (χ1) is 62.2. The fourth-order valence-corrected chi connectivity index (χ4v) is 21.3. The van der Waals surface area contributed by atoms with Gasteiger partial charge in [0.2, 0.25) is 0 Å². The number of rotatable bonds is 17. The number of likely N-dealkylation sites (tertiary alicyclic amines) is 1. The molecule has 4 aliphatic heterocycles. The molecule has 4 fully saturated rings. The van der Waals surface area contributed by atoms with Gasteiger partial charge in [-0.3, -0.25) is 4.79 Å². The van der Waals surface area contributed by atoms with Crippen LogP contribution in [0.1, 0.15) is 111 Å². The van der Waals surface area contributed by atoms with Crippen LogP contribution >= 0.6 is 7.92 Å². The minimum atomic E-state index is -5.36. The highest BCUT2D eigenvalue weighted by molar-refractivity contribution is 7.90. The predicted molar refractivity (Wildman–Crippen MR) is 481 cm³/mol. The molecule has 684 valence electrons. The number of carbonyl (C=O) groups excluding carboxylic acids is 1. The van der Waals surface area contributed by atoms with Gasteiger partial charge in [0.15, 0.2) is 0 Å². The summed E-state index contributed by atoms with van der Waals surface area (Å²) in [5.41, 5.74) is 9.40. The molecule has 25 nitrogen and oxygen atoms in total. The highest BCUT2D eigenvalue weighted by atomic mass is 32.2. The number of fused-ring (bicyclic) bond motifs is 3. The molecule has 0 atom stereocenters. The lowest BCUT2D eigenvalue weighted by Crippen LogP contribution is -2.54. The van der Waals surface area contributed by atoms with E-state index < -0.39 is 78.1 Å². The van der Waals surface area contributed by atoms with E-state index in [1.165, 1.54) is 20.8 Å². The average molecular weight is 1880 g/mol. The van der Waals surface area contributed by atoms with E-state index in [0.717, 1.165) is 77.2 Å². The number of carboxylic acids is 1. The fraction of sp³-hybridized carbons (Fsp3) is 0.301. The van der Waals surface area contributed by atoms with Gasteiger partial charge >= 0.3 is 58.7 Å². The van der Waals surface area contributed by atoms with Crippen LogP contribution in [0.2, 0.25) is 0 Å². The van der Waals surface area contributed by atoms with E-state index in [0.29, 0.717) is 41.7 Å². The third-order valence-electron chi connectivity index (χ3n) is 22.6. The van der Waals surface area contributed by atoms with E-state index in [9.17, 15) is 95.2 Å². The Morgan fingerprint density at radius 1 is 0.473 bits per heavy atom. The number of aliphatic hydroxyl groups is 1. The van der Waals surface area contributed by atoms with Crippen molar-refractivity contribution in [1.29, 1.82) is 15.8 Å². The van der Waals surface area contributed by atoms with E-state index in [2.05, 4.69) is 119 Å². The molecule has 0 bridgehead atoms. The summed E-state index contributed by atoms with van der Waals surface area (Å²) in [7, 11) is -16.5. The number of nitrogens with two attached hydrogens (primary N) is 1. The summed E-state index contributed by atoms with van der Waals surface area (Å²) in [6, 6.07) is 76.3. The first-order valence-electron chi connectivity index (χ1n) is 41.3. The van der Waals surface area contributed by atoms with Crippen LogP contribution in [-0.4, -0.2) is 154 Å². The van der Waals surface area contributed by atoms with Crippen molar-refractivity contribution in [3.8, 4) is 51.6 Å². The minimum absolute atomic E-state index is 0.138. The lowest BCUT2D eigenvalue weighted by atomic mass is 10.0. The van der Waals surface area contributed by atoms with Crippen molar-refractivity contribution < 1.29 is 89.3 Å². The number of piperidine rings is 3. The van der Waals surface area contributed by atoms with Crippen LogP contribution in [0.4, 0.5) is 44.3 Å². The molecular formula is C93H90F9N14O11PS3. The number of hydrogen-bond donors (Lipinski definition) is 3. The van der Waals surface area contributed by atoms with Crippen LogP contribution < -0.4 is 21.6 Å². The third-order valence-corrected chi connectivity index (χ3v) is 29.9. The van der Waals surface area contributed by atoms with E-state index >= 15 is 0 Å². The smallest absolute Gasteiger partial charge is 0.481 e. The molecule has 4 aliphatic rings. The molecule has 12 aromatic rings. The van der Waals surface area contributed by atoms with Gasteiger partial charge in [-0.05, 0) is 177 Å². The molecule has 9 aromatic carbocycles. The number of hydrogen-bond acceptors (Lipinski definition) is 15. The Balaban J connectivity index is 0.000000152. The molecule has 7 heterocycles. The van der Waals surface area contributed by atoms with Crippen molar-refractivity contribution in [2.24, 2.45) is 16.8 Å². The molecule has 0 unspecified atom stereocenters. The molecule has 1 amide bonds. The number of carboxylic acid groups (broad SMARTS) is 1. The summed E-state index contributed by atoms with van der Waals surface area (Å²) < 4.78 is 199. The average Bonchev–Trinajstić information content (AvgIpc) is 1.56. The Morgan fingerprint density at radius 3 is 1.08 bits per heavy atom. The maximum atomic E-state index is 13.0. The molecule has 0 spiro atoms. The van der Waals surface area contributed by atoms with Gasteiger partial charge in [-0.25, -0.2) is 30.0 Å². The number of benzene rings is 9. The van der Waals surface area contributed by atoms with Crippen molar-refractivity contribution in [3.63, 3.8) is 0 Å². The molecule has 4 N–H and O–H groups in total. The summed E-state index contributed by atoms with van der Waals surface area (Å²) in [5, 5.41) is 56.4. The quantitative estimate of drug-likeness (QED) is 0.0251. The van der Waals surface area contributed by atoms with Gasteiger partial charge in [0.25, 0.3) is 0 Å². The molecule has 4 saturated heterocycles. The Morgan fingerprint density at radius 2 is 0.786 bits per heavy atom. The standard InChI is InChI=1S/C22H19F3N6O2S.C22H21F3N4O2S.C22H20F3N3O3S.C18H15P.C9H15NO4/c23-22(24,25)34(32,33)30-8-6-18(7-9-30)31-14-20(17-3-1-2-15(10-17)12-26)19-5-4-16(11-21(19)31)13-28-29-27;23-22(24,25)32(30,31)28-8-6-18(7-9-28)29-14-20(17-3-1-2-15(10-17)12-26)19-5-4-16(13-27)11-21(19)29;23-22(24,25)32(30,31)27-8-6-18(7-9-27)28-13-20(17-3-1-2-15(10-17)12-26)19-5-4-16(14-29)11-21(19)28;1-4-10-16(11-5-1)19(17-12-6-2-7-13-17)18-14-8-3-9-15-18;1-9(2,3)14-8(13)10-4-6(5-10)7(11)12/h1-5,10-11,14,18H,6-9,13H2;1-5,10-11,14,18H,6-9,13,27H2;1-5,10-11,13,18,29H,6-9,14H2;1-15H;6H,4-5H2,1-3H3,(H,11,12). The number of aromatic nitrogens is 3. The number of halogens is 9.